The van der Waals surface area contributed by atoms with Crippen molar-refractivity contribution in [2.45, 2.75) is 4.90 Å². The molecule has 22 heavy (non-hydrogen) atoms. The second kappa shape index (κ2) is 5.36. The number of nitrogens with two attached hydrogens (primary N) is 1. The van der Waals surface area contributed by atoms with Crippen LogP contribution in [0.1, 0.15) is 0 Å². The van der Waals surface area contributed by atoms with E-state index in [9.17, 15) is 12.8 Å². The summed E-state index contributed by atoms with van der Waals surface area (Å²) in [6, 6.07) is 11.9. The number of oxazole rings is 1. The molecule has 0 amide bonds. The first-order valence-electron chi connectivity index (χ1n) is 6.28. The van der Waals surface area contributed by atoms with Crippen molar-refractivity contribution in [1.82, 2.24) is 4.98 Å². The Labute approximate surface area is 126 Å². The molecule has 0 spiro atoms. The van der Waals surface area contributed by atoms with Gasteiger partial charge in [0.05, 0.1) is 4.90 Å². The fourth-order valence-electron chi connectivity index (χ4n) is 2.15. The molecule has 0 unspecified atom stereocenters. The van der Waals surface area contributed by atoms with E-state index in [2.05, 4.69) is 4.98 Å². The molecule has 3 aromatic rings. The molecule has 3 rings (SSSR count). The molecule has 112 valence electrons. The van der Waals surface area contributed by atoms with Crippen LogP contribution < -0.4 is 5.14 Å². The second-order valence-electron chi connectivity index (χ2n) is 4.58. The highest BCUT2D eigenvalue weighted by molar-refractivity contribution is 7.89. The van der Waals surface area contributed by atoms with Crippen molar-refractivity contribution in [3.05, 3.63) is 60.7 Å². The van der Waals surface area contributed by atoms with E-state index in [1.165, 1.54) is 36.7 Å². The highest BCUT2D eigenvalue weighted by Gasteiger charge is 2.20. The zero-order valence-corrected chi connectivity index (χ0v) is 12.0. The number of hydrogen-bond acceptors (Lipinski definition) is 4. The normalized spacial score (nSPS) is 11.5. The first kappa shape index (κ1) is 14.4. The fourth-order valence-corrected chi connectivity index (χ4v) is 2.89. The van der Waals surface area contributed by atoms with Gasteiger partial charge in [-0.05, 0) is 36.4 Å². The minimum Gasteiger partial charge on any atom is -0.443 e. The molecule has 2 aromatic carbocycles. The maximum Gasteiger partial charge on any atom is 0.238 e. The maximum atomic E-state index is 13.0. The summed E-state index contributed by atoms with van der Waals surface area (Å²) < 4.78 is 41.8. The average molecular weight is 318 g/mol. The van der Waals surface area contributed by atoms with Gasteiger partial charge >= 0.3 is 0 Å². The largest absolute Gasteiger partial charge is 0.443 e. The van der Waals surface area contributed by atoms with E-state index in [1.54, 1.807) is 18.2 Å². The van der Waals surface area contributed by atoms with Gasteiger partial charge in [0.25, 0.3) is 0 Å². The molecule has 1 aromatic heterocycles. The summed E-state index contributed by atoms with van der Waals surface area (Å²) in [4.78, 5) is 4.03. The molecule has 0 fully saturated rings. The van der Waals surface area contributed by atoms with Gasteiger partial charge in [-0.2, -0.15) is 0 Å². The predicted octanol–water partition coefficient (Wildman–Crippen LogP) is 2.80. The Morgan fingerprint density at radius 2 is 1.73 bits per heavy atom. The molecule has 2 N–H and O–H groups in total. The number of primary sulfonamides is 1. The van der Waals surface area contributed by atoms with Gasteiger partial charge in [0, 0.05) is 11.1 Å². The van der Waals surface area contributed by atoms with Crippen molar-refractivity contribution < 1.29 is 17.2 Å². The Balaban J connectivity index is 2.20. The number of rotatable bonds is 3. The Kier molecular flexibility index (Phi) is 3.51. The van der Waals surface area contributed by atoms with Gasteiger partial charge in [0.2, 0.25) is 10.0 Å². The lowest BCUT2D eigenvalue weighted by atomic mass is 10.1. The number of nitrogens with zero attached hydrogens (tertiary/aromatic N) is 1. The lowest BCUT2D eigenvalue weighted by molar-refractivity contribution is 0.569. The molecular weight excluding hydrogens is 307 g/mol. The third kappa shape index (κ3) is 2.63. The first-order valence-corrected chi connectivity index (χ1v) is 7.83. The van der Waals surface area contributed by atoms with Crippen molar-refractivity contribution in [1.29, 1.82) is 0 Å². The summed E-state index contributed by atoms with van der Waals surface area (Å²) in [7, 11) is -3.91. The highest BCUT2D eigenvalue weighted by atomic mass is 32.2. The lowest BCUT2D eigenvalue weighted by Gasteiger charge is -2.06. The van der Waals surface area contributed by atoms with Crippen LogP contribution in [0.2, 0.25) is 0 Å². The zero-order valence-electron chi connectivity index (χ0n) is 11.2. The van der Waals surface area contributed by atoms with Gasteiger partial charge in [-0.25, -0.2) is 22.9 Å². The third-order valence-corrected chi connectivity index (χ3v) is 4.09. The van der Waals surface area contributed by atoms with Crippen LogP contribution in [-0.4, -0.2) is 13.4 Å². The first-order chi connectivity index (χ1) is 10.5. The van der Waals surface area contributed by atoms with Crippen LogP contribution >= 0.6 is 0 Å². The van der Waals surface area contributed by atoms with Gasteiger partial charge in [0.15, 0.2) is 12.2 Å². The molecule has 0 bridgehead atoms. The molecule has 0 saturated heterocycles. The van der Waals surface area contributed by atoms with E-state index < -0.39 is 10.0 Å². The smallest absolute Gasteiger partial charge is 0.238 e. The summed E-state index contributed by atoms with van der Waals surface area (Å²) in [6.45, 7) is 0. The van der Waals surface area contributed by atoms with Crippen molar-refractivity contribution in [3.8, 4) is 22.6 Å². The Bertz CT molecular complexity index is 918. The molecule has 0 atom stereocenters. The van der Waals surface area contributed by atoms with Crippen molar-refractivity contribution >= 4 is 10.0 Å². The average Bonchev–Trinajstić information content (AvgIpc) is 2.96. The monoisotopic (exact) mass is 318 g/mol. The highest BCUT2D eigenvalue weighted by Crippen LogP contribution is 2.34. The van der Waals surface area contributed by atoms with Crippen molar-refractivity contribution in [2.75, 3.05) is 0 Å². The minimum atomic E-state index is -3.91. The minimum absolute atomic E-state index is 0.0601. The quantitative estimate of drug-likeness (QED) is 0.804. The maximum absolute atomic E-state index is 13.0. The number of sulfonamides is 1. The van der Waals surface area contributed by atoms with Gasteiger partial charge in [-0.1, -0.05) is 12.1 Å². The molecule has 0 saturated carbocycles. The molecule has 0 aliphatic rings. The molecule has 0 aliphatic heterocycles. The molecule has 0 aliphatic carbocycles. The number of halogens is 1. The van der Waals surface area contributed by atoms with E-state index in [0.29, 0.717) is 16.8 Å². The van der Waals surface area contributed by atoms with Crippen LogP contribution in [0.3, 0.4) is 0 Å². The van der Waals surface area contributed by atoms with Crippen molar-refractivity contribution in [3.63, 3.8) is 0 Å². The zero-order chi connectivity index (χ0) is 15.7. The summed E-state index contributed by atoms with van der Waals surface area (Å²) >= 11 is 0. The number of benzene rings is 2. The van der Waals surface area contributed by atoms with Crippen LogP contribution in [0.5, 0.6) is 0 Å². The molecular formula is C15H11FN2O3S. The lowest BCUT2D eigenvalue weighted by Crippen LogP contribution is -2.13. The Morgan fingerprint density at radius 3 is 2.41 bits per heavy atom. The van der Waals surface area contributed by atoms with Crippen LogP contribution in [0, 0.1) is 5.82 Å². The van der Waals surface area contributed by atoms with Crippen LogP contribution in [0.4, 0.5) is 4.39 Å². The van der Waals surface area contributed by atoms with E-state index in [4.69, 9.17) is 9.56 Å². The standard InChI is InChI=1S/C15H11FN2O3S/c16-11-7-5-10(6-8-11)14-15(21-9-18-14)12-3-1-2-4-13(12)22(17,19)20/h1-9H,(H2,17,19,20). The Morgan fingerprint density at radius 1 is 1.05 bits per heavy atom. The van der Waals surface area contributed by atoms with Gasteiger partial charge in [0.1, 0.15) is 11.5 Å². The number of hydrogen-bond donors (Lipinski definition) is 1. The molecule has 0 radical (unpaired) electrons. The van der Waals surface area contributed by atoms with Crippen LogP contribution in [0.25, 0.3) is 22.6 Å². The van der Waals surface area contributed by atoms with Crippen LogP contribution in [-0.2, 0) is 10.0 Å². The SMILES string of the molecule is NS(=O)(=O)c1ccccc1-c1ocnc1-c1ccc(F)cc1. The molecule has 5 nitrogen and oxygen atoms in total. The number of aromatic nitrogens is 1. The van der Waals surface area contributed by atoms with E-state index in [0.717, 1.165) is 0 Å². The summed E-state index contributed by atoms with van der Waals surface area (Å²) in [5.41, 5.74) is 1.33. The Hall–Kier alpha value is -2.51. The van der Waals surface area contributed by atoms with Crippen molar-refractivity contribution in [2.24, 2.45) is 5.14 Å². The second-order valence-corrected chi connectivity index (χ2v) is 6.11. The van der Waals surface area contributed by atoms with Gasteiger partial charge < -0.3 is 4.42 Å². The molecule has 1 heterocycles. The fraction of sp³-hybridized carbons (Fsp3) is 0. The summed E-state index contributed by atoms with van der Waals surface area (Å²) in [6.07, 6.45) is 1.20. The van der Waals surface area contributed by atoms with Gasteiger partial charge in [-0.3, -0.25) is 0 Å². The van der Waals surface area contributed by atoms with Gasteiger partial charge in [-0.15, -0.1) is 0 Å². The summed E-state index contributed by atoms with van der Waals surface area (Å²) in [5.74, 6) is -0.116. The topological polar surface area (TPSA) is 86.2 Å². The molecule has 7 heteroatoms. The van der Waals surface area contributed by atoms with Crippen LogP contribution in [0.15, 0.2) is 64.2 Å². The summed E-state index contributed by atoms with van der Waals surface area (Å²) in [5, 5.41) is 5.23. The van der Waals surface area contributed by atoms with E-state index in [-0.39, 0.29) is 16.5 Å². The third-order valence-electron chi connectivity index (χ3n) is 3.12. The van der Waals surface area contributed by atoms with E-state index >= 15 is 0 Å². The predicted molar refractivity (Wildman–Crippen MR) is 78.7 cm³/mol. The van der Waals surface area contributed by atoms with E-state index in [1.807, 2.05) is 0 Å².